The van der Waals surface area contributed by atoms with E-state index in [4.69, 9.17) is 16.9 Å². The number of nitrogens with zero attached hydrogens (tertiary/aromatic N) is 1. The van der Waals surface area contributed by atoms with Crippen molar-refractivity contribution in [3.8, 4) is 6.07 Å². The lowest BCUT2D eigenvalue weighted by Crippen LogP contribution is -3.15. The fraction of sp³-hybridized carbons (Fsp3) is 0.222. The van der Waals surface area contributed by atoms with Gasteiger partial charge in [-0.3, -0.25) is 4.79 Å². The van der Waals surface area contributed by atoms with Crippen LogP contribution in [-0.4, -0.2) is 18.5 Å². The van der Waals surface area contributed by atoms with Crippen LogP contribution in [-0.2, 0) is 11.3 Å². The van der Waals surface area contributed by atoms with E-state index in [1.54, 1.807) is 24.3 Å². The van der Waals surface area contributed by atoms with Gasteiger partial charge >= 0.3 is 0 Å². The highest BCUT2D eigenvalue weighted by atomic mass is 35.5. The number of amides is 1. The molecule has 24 heavy (non-hydrogen) atoms. The first-order valence-corrected chi connectivity index (χ1v) is 8.73. The number of nitriles is 1. The van der Waals surface area contributed by atoms with Crippen molar-refractivity contribution < 1.29 is 9.69 Å². The number of quaternary nitrogens is 1. The van der Waals surface area contributed by atoms with Gasteiger partial charge in [0.05, 0.1) is 27.4 Å². The SMILES string of the molecule is C=CC[NH+](Cc1ccc(Cl)s1)[C@H](C)C(=O)Nc1ccc(C#N)cc1. The number of thiophene rings is 1. The van der Waals surface area contributed by atoms with Gasteiger partial charge in [0.15, 0.2) is 6.04 Å². The Morgan fingerprint density at radius 2 is 2.12 bits per heavy atom. The van der Waals surface area contributed by atoms with Crippen molar-refractivity contribution in [1.82, 2.24) is 0 Å². The quantitative estimate of drug-likeness (QED) is 0.746. The number of halogens is 1. The molecule has 1 aromatic heterocycles. The molecule has 0 fully saturated rings. The lowest BCUT2D eigenvalue weighted by Gasteiger charge is -2.23. The van der Waals surface area contributed by atoms with Crippen LogP contribution in [0, 0.1) is 11.3 Å². The van der Waals surface area contributed by atoms with Crippen LogP contribution in [0.5, 0.6) is 0 Å². The maximum Gasteiger partial charge on any atom is 0.282 e. The number of hydrogen-bond donors (Lipinski definition) is 2. The molecule has 6 heteroatoms. The Balaban J connectivity index is 2.04. The topological polar surface area (TPSA) is 57.3 Å². The minimum atomic E-state index is -0.250. The Morgan fingerprint density at radius 3 is 2.67 bits per heavy atom. The fourth-order valence-corrected chi connectivity index (χ4v) is 3.46. The Labute approximate surface area is 151 Å². The molecule has 2 atom stereocenters. The fourth-order valence-electron chi connectivity index (χ4n) is 2.32. The third kappa shape index (κ3) is 4.93. The zero-order valence-corrected chi connectivity index (χ0v) is 15.0. The van der Waals surface area contributed by atoms with Crippen LogP contribution in [0.3, 0.4) is 0 Å². The van der Waals surface area contributed by atoms with Gasteiger partial charge in [-0.05, 0) is 49.4 Å². The summed E-state index contributed by atoms with van der Waals surface area (Å²) in [4.78, 5) is 14.8. The van der Waals surface area contributed by atoms with Crippen molar-refractivity contribution in [2.45, 2.75) is 19.5 Å². The largest absolute Gasteiger partial charge is 0.321 e. The van der Waals surface area contributed by atoms with Gasteiger partial charge < -0.3 is 10.2 Å². The van der Waals surface area contributed by atoms with E-state index < -0.39 is 0 Å². The van der Waals surface area contributed by atoms with Gasteiger partial charge in [-0.2, -0.15) is 5.26 Å². The van der Waals surface area contributed by atoms with Crippen molar-refractivity contribution in [3.05, 3.63) is 63.8 Å². The zero-order valence-electron chi connectivity index (χ0n) is 13.4. The number of benzene rings is 1. The molecule has 0 aliphatic heterocycles. The summed E-state index contributed by atoms with van der Waals surface area (Å²) in [6.07, 6.45) is 1.82. The second kappa shape index (κ2) is 8.65. The van der Waals surface area contributed by atoms with Gasteiger partial charge in [0.2, 0.25) is 0 Å². The third-order valence-corrected chi connectivity index (χ3v) is 4.96. The molecule has 0 spiro atoms. The molecule has 4 nitrogen and oxygen atoms in total. The molecule has 2 N–H and O–H groups in total. The maximum absolute atomic E-state index is 12.5. The van der Waals surface area contributed by atoms with Gasteiger partial charge in [-0.25, -0.2) is 0 Å². The van der Waals surface area contributed by atoms with Crippen molar-refractivity contribution in [3.63, 3.8) is 0 Å². The first kappa shape index (κ1) is 18.2. The second-order valence-corrected chi connectivity index (χ2v) is 7.23. The van der Waals surface area contributed by atoms with Crippen LogP contribution in [0.25, 0.3) is 0 Å². The van der Waals surface area contributed by atoms with E-state index in [0.717, 1.165) is 14.1 Å². The molecule has 0 saturated carbocycles. The minimum Gasteiger partial charge on any atom is -0.321 e. The molecule has 1 heterocycles. The van der Waals surface area contributed by atoms with Crippen LogP contribution in [0.15, 0.2) is 49.1 Å². The zero-order chi connectivity index (χ0) is 17.5. The van der Waals surface area contributed by atoms with E-state index in [0.29, 0.717) is 24.3 Å². The third-order valence-electron chi connectivity index (χ3n) is 3.72. The number of carbonyl (C=O) groups is 1. The Morgan fingerprint density at radius 1 is 1.42 bits per heavy atom. The molecule has 0 radical (unpaired) electrons. The summed E-state index contributed by atoms with van der Waals surface area (Å²) >= 11 is 7.51. The summed E-state index contributed by atoms with van der Waals surface area (Å²) in [5, 5.41) is 11.7. The van der Waals surface area contributed by atoms with E-state index in [9.17, 15) is 4.79 Å². The first-order valence-electron chi connectivity index (χ1n) is 7.54. The van der Waals surface area contributed by atoms with Crippen molar-refractivity contribution >= 4 is 34.5 Å². The molecule has 124 valence electrons. The standard InChI is InChI=1S/C18H18ClN3OS/c1-3-10-22(12-16-8-9-17(19)24-16)13(2)18(23)21-15-6-4-14(11-20)5-7-15/h3-9,13H,1,10,12H2,2H3,(H,21,23)/p+1/t13-/m1/s1. The summed E-state index contributed by atoms with van der Waals surface area (Å²) in [5.41, 5.74) is 1.25. The highest BCUT2D eigenvalue weighted by molar-refractivity contribution is 7.16. The molecular weight excluding hydrogens is 342 g/mol. The number of nitrogens with one attached hydrogen (secondary N) is 2. The summed E-state index contributed by atoms with van der Waals surface area (Å²) in [6.45, 7) is 7.07. The molecule has 2 aromatic rings. The van der Waals surface area contributed by atoms with Crippen LogP contribution in [0.1, 0.15) is 17.4 Å². The molecule has 0 saturated heterocycles. The van der Waals surface area contributed by atoms with Crippen LogP contribution in [0.2, 0.25) is 4.34 Å². The maximum atomic E-state index is 12.5. The molecule has 1 aromatic carbocycles. The summed E-state index contributed by atoms with van der Waals surface area (Å²) in [5.74, 6) is -0.0702. The highest BCUT2D eigenvalue weighted by Crippen LogP contribution is 2.20. The van der Waals surface area contributed by atoms with Crippen molar-refractivity contribution in [1.29, 1.82) is 5.26 Å². The van der Waals surface area contributed by atoms with Gasteiger partial charge in [-0.15, -0.1) is 11.3 Å². The monoisotopic (exact) mass is 360 g/mol. The minimum absolute atomic E-state index is 0.0702. The van der Waals surface area contributed by atoms with Gasteiger partial charge in [0.25, 0.3) is 5.91 Å². The number of hydrogen-bond acceptors (Lipinski definition) is 3. The summed E-state index contributed by atoms with van der Waals surface area (Å²) in [7, 11) is 0. The van der Waals surface area contributed by atoms with Gasteiger partial charge in [-0.1, -0.05) is 18.2 Å². The molecule has 0 aliphatic carbocycles. The van der Waals surface area contributed by atoms with Crippen molar-refractivity contribution in [2.75, 3.05) is 11.9 Å². The molecule has 0 bridgehead atoms. The lowest BCUT2D eigenvalue weighted by molar-refractivity contribution is -0.921. The van der Waals surface area contributed by atoms with E-state index in [2.05, 4.69) is 18.0 Å². The normalized spacial score (nSPS) is 12.9. The van der Waals surface area contributed by atoms with E-state index in [1.807, 2.05) is 25.1 Å². The Hall–Kier alpha value is -2.13. The first-order chi connectivity index (χ1) is 11.5. The lowest BCUT2D eigenvalue weighted by atomic mass is 10.2. The molecular formula is C18H19ClN3OS+. The number of anilines is 1. The van der Waals surface area contributed by atoms with E-state index in [-0.39, 0.29) is 11.9 Å². The Kier molecular flexibility index (Phi) is 6.56. The van der Waals surface area contributed by atoms with E-state index >= 15 is 0 Å². The second-order valence-electron chi connectivity index (χ2n) is 5.43. The van der Waals surface area contributed by atoms with Gasteiger partial charge in [0, 0.05) is 5.69 Å². The van der Waals surface area contributed by atoms with Gasteiger partial charge in [0.1, 0.15) is 6.54 Å². The summed E-state index contributed by atoms with van der Waals surface area (Å²) < 4.78 is 0.748. The Bertz CT molecular complexity index is 748. The highest BCUT2D eigenvalue weighted by Gasteiger charge is 2.25. The molecule has 1 amide bonds. The number of rotatable bonds is 7. The van der Waals surface area contributed by atoms with Crippen LogP contribution < -0.4 is 10.2 Å². The summed E-state index contributed by atoms with van der Waals surface area (Å²) in [6, 6.07) is 12.5. The van der Waals surface area contributed by atoms with E-state index in [1.165, 1.54) is 11.3 Å². The molecule has 0 aliphatic rings. The average molecular weight is 361 g/mol. The molecule has 2 rings (SSSR count). The van der Waals surface area contributed by atoms with Crippen LogP contribution in [0.4, 0.5) is 5.69 Å². The molecule has 1 unspecified atom stereocenters. The van der Waals surface area contributed by atoms with Crippen molar-refractivity contribution in [2.24, 2.45) is 0 Å². The smallest absolute Gasteiger partial charge is 0.282 e. The predicted octanol–water partition coefficient (Wildman–Crippen LogP) is 2.87. The number of carbonyl (C=O) groups excluding carboxylic acids is 1. The average Bonchev–Trinajstić information content (AvgIpc) is 2.99. The predicted molar refractivity (Wildman–Crippen MR) is 98.3 cm³/mol. The van der Waals surface area contributed by atoms with Crippen LogP contribution >= 0.6 is 22.9 Å².